The van der Waals surface area contributed by atoms with Crippen molar-refractivity contribution in [2.75, 3.05) is 0 Å². The predicted octanol–water partition coefficient (Wildman–Crippen LogP) is 6.30. The van der Waals surface area contributed by atoms with Crippen LogP contribution in [0.2, 0.25) is 0 Å². The van der Waals surface area contributed by atoms with Crippen LogP contribution in [0.4, 0.5) is 0 Å². The van der Waals surface area contributed by atoms with Crippen LogP contribution in [0.25, 0.3) is 11.4 Å². The highest BCUT2D eigenvalue weighted by Gasteiger charge is 2.32. The molecule has 0 spiro atoms. The first-order valence-electron chi connectivity index (χ1n) is 13.5. The van der Waals surface area contributed by atoms with Gasteiger partial charge in [-0.15, -0.1) is 11.8 Å². The van der Waals surface area contributed by atoms with Gasteiger partial charge < -0.3 is 0 Å². The highest BCUT2D eigenvalue weighted by atomic mass is 32.2. The van der Waals surface area contributed by atoms with E-state index in [0.717, 1.165) is 53.5 Å². The fraction of sp³-hybridized carbons (Fsp3) is 0.419. The Labute approximate surface area is 229 Å². The second-order valence-corrected chi connectivity index (χ2v) is 12.0. The third kappa shape index (κ3) is 5.48. The van der Waals surface area contributed by atoms with Crippen molar-refractivity contribution in [1.82, 2.24) is 24.5 Å². The lowest BCUT2D eigenvalue weighted by Crippen LogP contribution is -2.25. The molecule has 2 aromatic carbocycles. The Morgan fingerprint density at radius 3 is 2.45 bits per heavy atom. The van der Waals surface area contributed by atoms with Crippen molar-refractivity contribution in [3.8, 4) is 11.4 Å². The molecule has 6 nitrogen and oxygen atoms in total. The second-order valence-electron chi connectivity index (χ2n) is 10.6. The molecule has 4 aromatic rings. The number of fused-ring (bicyclic) bond motifs is 3. The van der Waals surface area contributed by atoms with Gasteiger partial charge in [0.05, 0.1) is 10.9 Å². The largest absolute Gasteiger partial charge is 0.298 e. The quantitative estimate of drug-likeness (QED) is 0.255. The van der Waals surface area contributed by atoms with E-state index in [-0.39, 0.29) is 16.4 Å². The normalized spacial score (nSPS) is 15.3. The van der Waals surface area contributed by atoms with Crippen molar-refractivity contribution < 1.29 is 4.79 Å². The molecule has 1 aliphatic rings. The van der Waals surface area contributed by atoms with Crippen LogP contribution in [0.3, 0.4) is 0 Å². The molecule has 0 saturated carbocycles. The molecule has 2 atom stereocenters. The van der Waals surface area contributed by atoms with Gasteiger partial charge in [0.15, 0.2) is 11.6 Å². The summed E-state index contributed by atoms with van der Waals surface area (Å²) in [5.41, 5.74) is 9.45. The number of Topliss-reactive ketones (excluding diaryl/α,β-unsaturated/α-hetero) is 1. The van der Waals surface area contributed by atoms with E-state index in [1.54, 1.807) is 11.8 Å². The van der Waals surface area contributed by atoms with Gasteiger partial charge in [-0.3, -0.25) is 9.48 Å². The van der Waals surface area contributed by atoms with Gasteiger partial charge in [-0.1, -0.05) is 42.8 Å². The van der Waals surface area contributed by atoms with Crippen LogP contribution in [-0.2, 0) is 30.6 Å². The lowest BCUT2D eigenvalue weighted by molar-refractivity contribution is -0.118. The molecule has 38 heavy (non-hydrogen) atoms. The summed E-state index contributed by atoms with van der Waals surface area (Å²) in [7, 11) is 0. The average Bonchev–Trinajstić information content (AvgIpc) is 3.46. The number of hydrogen-bond donors (Lipinski definition) is 0. The molecule has 2 unspecified atom stereocenters. The summed E-state index contributed by atoms with van der Waals surface area (Å²) in [6.07, 6.45) is 2.80. The van der Waals surface area contributed by atoms with Crippen LogP contribution in [-0.4, -0.2) is 35.6 Å². The number of thioether (sulfide) groups is 1. The fourth-order valence-electron chi connectivity index (χ4n) is 5.21. The van der Waals surface area contributed by atoms with Crippen LogP contribution >= 0.6 is 11.8 Å². The average molecular weight is 528 g/mol. The highest BCUT2D eigenvalue weighted by Crippen LogP contribution is 2.42. The zero-order valence-corrected chi connectivity index (χ0v) is 24.1. The maximum absolute atomic E-state index is 13.4. The molecule has 0 N–H and O–H groups in total. The number of benzene rings is 2. The van der Waals surface area contributed by atoms with Crippen molar-refractivity contribution in [3.63, 3.8) is 0 Å². The van der Waals surface area contributed by atoms with Crippen LogP contribution in [0.15, 0.2) is 42.5 Å². The minimum absolute atomic E-state index is 0.0291. The Balaban J connectivity index is 1.41. The van der Waals surface area contributed by atoms with Gasteiger partial charge in [-0.05, 0) is 75.4 Å². The van der Waals surface area contributed by atoms with Crippen molar-refractivity contribution in [1.29, 1.82) is 0 Å². The summed E-state index contributed by atoms with van der Waals surface area (Å²) >= 11 is 1.74. The number of nitrogens with zero attached hydrogens (tertiary/aromatic N) is 5. The molecule has 5 rings (SSSR count). The van der Waals surface area contributed by atoms with Gasteiger partial charge in [0.1, 0.15) is 11.2 Å². The van der Waals surface area contributed by atoms with E-state index in [9.17, 15) is 4.79 Å². The number of aryl methyl sites for hydroxylation is 7. The van der Waals surface area contributed by atoms with Gasteiger partial charge in [0, 0.05) is 37.1 Å². The lowest BCUT2D eigenvalue weighted by atomic mass is 9.95. The maximum Gasteiger partial charge on any atom is 0.159 e. The predicted molar refractivity (Wildman–Crippen MR) is 155 cm³/mol. The van der Waals surface area contributed by atoms with E-state index < -0.39 is 0 Å². The molecule has 0 aliphatic carbocycles. The Kier molecular flexibility index (Phi) is 7.57. The standard InChI is InChI=1S/C31H37N5OS/c1-7-28(27(37)17-24-10-8-19(2)9-11-24)38-30-18-25-14-20(3)21(4)15-26(25)31-32-29(34-36(30)31)12-13-35-23(6)16-22(5)33-35/h8-11,14-16,28,30H,7,12-13,17-18H2,1-6H3. The summed E-state index contributed by atoms with van der Waals surface area (Å²) in [5.74, 6) is 2.01. The molecule has 0 amide bonds. The van der Waals surface area contributed by atoms with Crippen molar-refractivity contribution in [2.45, 2.75) is 84.4 Å². The SMILES string of the molecule is CCC(SC1Cc2cc(C)c(C)cc2-c2nc(CCn3nc(C)cc3C)nn21)C(=O)Cc1ccc(C)cc1. The minimum atomic E-state index is -0.0930. The van der Waals surface area contributed by atoms with Gasteiger partial charge in [0.2, 0.25) is 0 Å². The summed E-state index contributed by atoms with van der Waals surface area (Å²) in [4.78, 5) is 18.4. The maximum atomic E-state index is 13.4. The van der Waals surface area contributed by atoms with Crippen molar-refractivity contribution in [2.24, 2.45) is 0 Å². The van der Waals surface area contributed by atoms with Crippen LogP contribution < -0.4 is 0 Å². The van der Waals surface area contributed by atoms with Gasteiger partial charge in [-0.25, -0.2) is 9.67 Å². The van der Waals surface area contributed by atoms with Crippen LogP contribution in [0, 0.1) is 34.6 Å². The van der Waals surface area contributed by atoms with Crippen molar-refractivity contribution >= 4 is 17.5 Å². The zero-order chi connectivity index (χ0) is 27.0. The topological polar surface area (TPSA) is 65.6 Å². The number of rotatable bonds is 9. The third-order valence-corrected chi connectivity index (χ3v) is 9.11. The molecular weight excluding hydrogens is 490 g/mol. The van der Waals surface area contributed by atoms with Gasteiger partial charge in [-0.2, -0.15) is 10.2 Å². The highest BCUT2D eigenvalue weighted by molar-refractivity contribution is 8.00. The number of hydrogen-bond acceptors (Lipinski definition) is 5. The first-order chi connectivity index (χ1) is 18.2. The molecule has 198 valence electrons. The Hall–Kier alpha value is -3.19. The lowest BCUT2D eigenvalue weighted by Gasteiger charge is -2.28. The molecule has 7 heteroatoms. The smallest absolute Gasteiger partial charge is 0.159 e. The number of aromatic nitrogens is 5. The summed E-state index contributed by atoms with van der Waals surface area (Å²) in [5, 5.41) is 9.54. The number of ketones is 1. The summed E-state index contributed by atoms with van der Waals surface area (Å²) in [6, 6.07) is 14.9. The first-order valence-corrected chi connectivity index (χ1v) is 14.5. The van der Waals surface area contributed by atoms with E-state index in [4.69, 9.17) is 10.1 Å². The Bertz CT molecular complexity index is 1470. The van der Waals surface area contributed by atoms with E-state index in [1.807, 2.05) is 11.6 Å². The zero-order valence-electron chi connectivity index (χ0n) is 23.3. The summed E-state index contributed by atoms with van der Waals surface area (Å²) in [6.45, 7) is 13.3. The monoisotopic (exact) mass is 527 g/mol. The molecule has 3 heterocycles. The Morgan fingerprint density at radius 1 is 1.03 bits per heavy atom. The molecular formula is C31H37N5OS. The van der Waals surface area contributed by atoms with E-state index in [0.29, 0.717) is 12.8 Å². The van der Waals surface area contributed by atoms with E-state index in [1.165, 1.54) is 22.3 Å². The summed E-state index contributed by atoms with van der Waals surface area (Å²) < 4.78 is 4.11. The molecule has 2 aromatic heterocycles. The van der Waals surface area contributed by atoms with Crippen LogP contribution in [0.5, 0.6) is 0 Å². The number of carbonyl (C=O) groups excluding carboxylic acids is 1. The molecule has 0 saturated heterocycles. The second kappa shape index (κ2) is 10.9. The van der Waals surface area contributed by atoms with E-state index >= 15 is 0 Å². The van der Waals surface area contributed by atoms with Gasteiger partial charge in [0.25, 0.3) is 0 Å². The fourth-order valence-corrected chi connectivity index (χ4v) is 6.55. The molecule has 0 fully saturated rings. The van der Waals surface area contributed by atoms with Crippen LogP contribution in [0.1, 0.15) is 63.7 Å². The Morgan fingerprint density at radius 2 is 1.76 bits per heavy atom. The first kappa shape index (κ1) is 26.4. The molecule has 1 aliphatic heterocycles. The minimum Gasteiger partial charge on any atom is -0.298 e. The van der Waals surface area contributed by atoms with E-state index in [2.05, 4.69) is 86.9 Å². The molecule has 0 bridgehead atoms. The van der Waals surface area contributed by atoms with Gasteiger partial charge >= 0.3 is 0 Å². The third-order valence-electron chi connectivity index (χ3n) is 7.50. The van der Waals surface area contributed by atoms with Crippen molar-refractivity contribution in [3.05, 3.63) is 87.5 Å². The number of carbonyl (C=O) groups is 1. The molecule has 0 radical (unpaired) electrons.